The quantitative estimate of drug-likeness (QED) is 0.0299. The van der Waals surface area contributed by atoms with Crippen LogP contribution in [0.25, 0.3) is 0 Å². The Hall–Kier alpha value is -4.30. The molecule has 2 aromatic rings. The van der Waals surface area contributed by atoms with Crippen molar-refractivity contribution < 1.29 is 48.2 Å². The molecule has 3 N–H and O–H groups in total. The van der Waals surface area contributed by atoms with Crippen LogP contribution in [0, 0.1) is 39.7 Å². The van der Waals surface area contributed by atoms with Gasteiger partial charge in [0.1, 0.15) is 23.6 Å². The third-order valence-corrected chi connectivity index (χ3v) is 15.6. The number of pyridine rings is 1. The van der Waals surface area contributed by atoms with Crippen LogP contribution in [0.5, 0.6) is 0 Å². The number of benzene rings is 1. The predicted molar refractivity (Wildman–Crippen MR) is 301 cm³/mol. The Morgan fingerprint density at radius 2 is 1.49 bits per heavy atom. The number of carbonyl (C=O) groups excluding carboxylic acids is 5. The molecule has 0 radical (unpaired) electrons. The van der Waals surface area contributed by atoms with E-state index in [4.69, 9.17) is 14.2 Å². The maximum atomic E-state index is 12.7. The molecule has 2 rings (SSSR count). The van der Waals surface area contributed by atoms with E-state index in [1.807, 2.05) is 78.8 Å². The summed E-state index contributed by atoms with van der Waals surface area (Å²) in [6.07, 6.45) is 5.98. The molecule has 0 aliphatic heterocycles. The maximum absolute atomic E-state index is 12.7. The lowest BCUT2D eigenvalue weighted by atomic mass is 9.87. The zero-order chi connectivity index (χ0) is 57.3. The lowest BCUT2D eigenvalue weighted by Gasteiger charge is -2.37. The van der Waals surface area contributed by atoms with Crippen molar-refractivity contribution in [2.45, 2.75) is 189 Å². The van der Waals surface area contributed by atoms with E-state index in [0.717, 1.165) is 24.8 Å². The highest BCUT2D eigenvalue weighted by molar-refractivity contribution is 8.77. The third-order valence-electron chi connectivity index (χ3n) is 12.4. The fourth-order valence-corrected chi connectivity index (χ4v) is 9.42. The zero-order valence-corrected chi connectivity index (χ0v) is 50.0. The fourth-order valence-electron chi connectivity index (χ4n) is 7.41. The Balaban J connectivity index is 0. The number of methoxy groups -OCH3 is 2. The number of hydrogen-bond acceptors (Lipinski definition) is 14. The predicted octanol–water partition coefficient (Wildman–Crippen LogP) is 11.0. The van der Waals surface area contributed by atoms with Crippen LogP contribution in [0.15, 0.2) is 53.7 Å². The van der Waals surface area contributed by atoms with Crippen LogP contribution in [0.3, 0.4) is 0 Å². The molecule has 0 saturated heterocycles. The van der Waals surface area contributed by atoms with Crippen LogP contribution in [-0.4, -0.2) is 131 Å². The molecule has 0 spiro atoms. The Morgan fingerprint density at radius 3 is 1.95 bits per heavy atom. The minimum Gasteiger partial charge on any atom is -0.448 e. The molecule has 0 bridgehead atoms. The molecule has 17 nitrogen and oxygen atoms in total. The molecule has 0 saturated carbocycles. The zero-order valence-electron chi connectivity index (χ0n) is 48.3. The molecule has 74 heavy (non-hydrogen) atoms. The van der Waals surface area contributed by atoms with Crippen LogP contribution >= 0.6 is 21.6 Å². The number of ketones is 1. The molecule has 9 atom stereocenters. The first-order valence-corrected chi connectivity index (χ1v) is 28.1. The van der Waals surface area contributed by atoms with Crippen molar-refractivity contribution in [2.24, 2.45) is 29.6 Å². The van der Waals surface area contributed by atoms with E-state index in [-0.39, 0.29) is 95.9 Å². The first-order chi connectivity index (χ1) is 34.6. The van der Waals surface area contributed by atoms with E-state index >= 15 is 0 Å². The number of nitrogens with one attached hydrogen (secondary N) is 2. The van der Waals surface area contributed by atoms with Gasteiger partial charge in [0, 0.05) is 46.8 Å². The van der Waals surface area contributed by atoms with Gasteiger partial charge in [0.25, 0.3) is 5.69 Å². The number of Topliss-reactive ketones (excluding diaryl/α,β-unsaturated/α-hetero) is 1. The minimum atomic E-state index is -0.725. The molecule has 1 heterocycles. The van der Waals surface area contributed by atoms with Crippen molar-refractivity contribution in [2.75, 3.05) is 41.5 Å². The van der Waals surface area contributed by atoms with Crippen molar-refractivity contribution >= 4 is 57.4 Å². The molecule has 0 fully saturated rings. The highest BCUT2D eigenvalue weighted by Crippen LogP contribution is 2.40. The van der Waals surface area contributed by atoms with Gasteiger partial charge in [0.2, 0.25) is 18.2 Å². The summed E-state index contributed by atoms with van der Waals surface area (Å²) < 4.78 is 16.2. The second-order valence-corrected chi connectivity index (χ2v) is 23.3. The molecule has 4 amide bonds. The van der Waals surface area contributed by atoms with Crippen molar-refractivity contribution in [1.29, 1.82) is 0 Å². The molecule has 0 aliphatic carbocycles. The molecular formula is C55H96N6O11S2. The molecule has 1 aromatic heterocycles. The van der Waals surface area contributed by atoms with Crippen LogP contribution < -0.4 is 10.6 Å². The number of nitro groups is 1. The molecule has 424 valence electrons. The normalized spacial score (nSPS) is 14.7. The first kappa shape index (κ1) is 71.8. The van der Waals surface area contributed by atoms with E-state index in [0.29, 0.717) is 29.2 Å². The standard InChI is InChI=1S/C22H37NO3.C16H25N3O4S2.C14H26N2O4.C3H8/c1-15(2)11-10-12-16(3)21(26-6)17(4)22(25)23-18(5)20(24)19-13-8-7-9-14-19;1-11(2)12(3)18(6)15(20)23-10-16(4,5)25-24-14-8-7-13(9-17-14)19(21)22;1-6-10(2)14(12(20-5)7-11(3)18)16(4)13(19)8-15-9-17;1-3-2/h7-9,13-18,20-21,24H,10-12H2,1-6H3,(H,23,25);7-9,11-12H,10H2,1-6H3;9-10,12,14H,6-8H2,1-5H3,(H,15,17);3H2,1-2H3. The summed E-state index contributed by atoms with van der Waals surface area (Å²) in [7, 11) is 9.54. The summed E-state index contributed by atoms with van der Waals surface area (Å²) in [5, 5.41) is 27.1. The largest absolute Gasteiger partial charge is 0.448 e. The number of carbonyl (C=O) groups is 5. The third kappa shape index (κ3) is 29.1. The van der Waals surface area contributed by atoms with Gasteiger partial charge in [0.05, 0.1) is 52.5 Å². The lowest BCUT2D eigenvalue weighted by molar-refractivity contribution is -0.385. The van der Waals surface area contributed by atoms with Crippen LogP contribution in [0.1, 0.15) is 154 Å². The summed E-state index contributed by atoms with van der Waals surface area (Å²) in [5.41, 5.74) is 0.767. The summed E-state index contributed by atoms with van der Waals surface area (Å²) in [5.74, 6) is 1.03. The smallest absolute Gasteiger partial charge is 0.409 e. The number of aliphatic hydroxyl groups is 1. The van der Waals surface area contributed by atoms with Gasteiger partial charge >= 0.3 is 6.09 Å². The van der Waals surface area contributed by atoms with Crippen LogP contribution in [0.4, 0.5) is 10.5 Å². The monoisotopic (exact) mass is 1080 g/mol. The lowest BCUT2D eigenvalue weighted by Crippen LogP contribution is -2.51. The summed E-state index contributed by atoms with van der Waals surface area (Å²) in [6.45, 7) is 30.4. The van der Waals surface area contributed by atoms with Gasteiger partial charge in [-0.2, -0.15) is 0 Å². The Kier molecular flexibility index (Phi) is 38.0. The number of aromatic nitrogens is 1. The number of likely N-dealkylation sites (N-methyl/N-ethyl adjacent to an activating group) is 1. The topological polar surface area (TPSA) is 220 Å². The number of nitrogens with zero attached hydrogens (tertiary/aromatic N) is 4. The first-order valence-electron chi connectivity index (χ1n) is 26.0. The molecule has 0 aliphatic rings. The van der Waals surface area contributed by atoms with Crippen LogP contribution in [-0.2, 0) is 33.4 Å². The van der Waals surface area contributed by atoms with Gasteiger partial charge in [-0.3, -0.25) is 29.3 Å². The fraction of sp³-hybridized carbons (Fsp3) is 0.709. The van der Waals surface area contributed by atoms with E-state index in [1.54, 1.807) is 44.2 Å². The average molecular weight is 1080 g/mol. The Morgan fingerprint density at radius 1 is 0.892 bits per heavy atom. The van der Waals surface area contributed by atoms with Crippen molar-refractivity contribution in [3.05, 3.63) is 64.3 Å². The van der Waals surface area contributed by atoms with E-state index in [9.17, 15) is 39.2 Å². The number of ether oxygens (including phenoxy) is 3. The van der Waals surface area contributed by atoms with E-state index in [1.165, 1.54) is 53.6 Å². The summed E-state index contributed by atoms with van der Waals surface area (Å²) >= 11 is 0. The molecule has 1 aromatic carbocycles. The van der Waals surface area contributed by atoms with Gasteiger partial charge in [0.15, 0.2) is 0 Å². The maximum Gasteiger partial charge on any atom is 0.409 e. The van der Waals surface area contributed by atoms with E-state index in [2.05, 4.69) is 64.1 Å². The number of amides is 4. The van der Waals surface area contributed by atoms with Crippen LogP contribution in [0.2, 0.25) is 0 Å². The highest BCUT2D eigenvalue weighted by atomic mass is 33.1. The van der Waals surface area contributed by atoms with Crippen molar-refractivity contribution in [3.8, 4) is 0 Å². The van der Waals surface area contributed by atoms with Crippen molar-refractivity contribution in [1.82, 2.24) is 25.4 Å². The van der Waals surface area contributed by atoms with Gasteiger partial charge in [-0.05, 0) is 87.1 Å². The highest BCUT2D eigenvalue weighted by Gasteiger charge is 2.34. The average Bonchev–Trinajstić information content (AvgIpc) is 3.36. The second-order valence-electron chi connectivity index (χ2n) is 20.4. The van der Waals surface area contributed by atoms with Crippen molar-refractivity contribution in [3.63, 3.8) is 0 Å². The van der Waals surface area contributed by atoms with Gasteiger partial charge in [-0.25, -0.2) is 9.78 Å². The van der Waals surface area contributed by atoms with Gasteiger partial charge < -0.3 is 39.8 Å². The molecular weight excluding hydrogens is 985 g/mol. The molecule has 9 unspecified atom stereocenters. The van der Waals surface area contributed by atoms with E-state index < -0.39 is 11.0 Å². The SMILES string of the molecule is CC(C)C(C)N(C)C(=O)OCC(C)(C)SSc1ccc([N+](=O)[O-])cn1.CCC.CCC(C)C(C(CC(C)=O)OC)N(C)C(=O)CNC=O.COC(C(C)CCCC(C)C)C(C)C(=O)NC(C)C(O)c1ccccc1. The van der Waals surface area contributed by atoms with Gasteiger partial charge in [-0.15, -0.1) is 0 Å². The molecule has 19 heteroatoms. The Labute approximate surface area is 453 Å². The number of rotatable bonds is 29. The number of aliphatic hydroxyl groups excluding tert-OH is 1. The second kappa shape index (κ2) is 39.1. The van der Waals surface area contributed by atoms with Gasteiger partial charge in [-0.1, -0.05) is 136 Å². The Bertz CT molecular complexity index is 1880. The summed E-state index contributed by atoms with van der Waals surface area (Å²) in [4.78, 5) is 75.8. The minimum absolute atomic E-state index is 0.0250. The number of hydrogen-bond donors (Lipinski definition) is 3. The summed E-state index contributed by atoms with van der Waals surface area (Å²) in [6, 6.07) is 12.0.